The second kappa shape index (κ2) is 11.7. The van der Waals surface area contributed by atoms with E-state index in [-0.39, 0.29) is 24.0 Å². The predicted molar refractivity (Wildman–Crippen MR) is 213 cm³/mol. The Hall–Kier alpha value is -5.17. The number of fused-ring (bicyclic) bond motifs is 2. The predicted octanol–water partition coefficient (Wildman–Crippen LogP) is 8.02. The highest BCUT2D eigenvalue weighted by Gasteiger charge is 2.98. The van der Waals surface area contributed by atoms with Crippen molar-refractivity contribution in [3.05, 3.63) is 142 Å². The van der Waals surface area contributed by atoms with E-state index in [1.54, 1.807) is 0 Å². The molecule has 0 radical (unpaired) electrons. The zero-order valence-electron chi connectivity index (χ0n) is 32.2. The third-order valence-corrected chi connectivity index (χ3v) is 13.7. The number of rotatable bonds is 14. The number of anilines is 2. The van der Waals surface area contributed by atoms with Crippen LogP contribution in [0.25, 0.3) is 0 Å². The van der Waals surface area contributed by atoms with Crippen molar-refractivity contribution in [1.82, 2.24) is 4.90 Å². The molecule has 1 spiro atoms. The lowest BCUT2D eigenvalue weighted by atomic mass is 9.54. The van der Waals surface area contributed by atoms with Gasteiger partial charge in [-0.15, -0.1) is 0 Å². The summed E-state index contributed by atoms with van der Waals surface area (Å²) in [5.41, 5.74) is 10.1. The second-order valence-electron chi connectivity index (χ2n) is 15.4. The molecule has 4 bridgehead atoms. The van der Waals surface area contributed by atoms with Crippen LogP contribution in [0.3, 0.4) is 0 Å². The lowest BCUT2D eigenvalue weighted by molar-refractivity contribution is -0.142. The lowest BCUT2D eigenvalue weighted by Crippen LogP contribution is -2.50. The van der Waals surface area contributed by atoms with Crippen molar-refractivity contribution < 1.29 is 19.0 Å². The number of hydrogen-bond acceptors (Lipinski definition) is 7. The van der Waals surface area contributed by atoms with E-state index in [1.165, 1.54) is 44.8 Å². The Morgan fingerprint density at radius 2 is 1.07 bits per heavy atom. The topological polar surface area (TPSA) is 54.5 Å². The van der Waals surface area contributed by atoms with Crippen molar-refractivity contribution in [2.45, 2.75) is 70.1 Å². The summed E-state index contributed by atoms with van der Waals surface area (Å²) in [6.45, 7) is 17.9. The first kappa shape index (κ1) is 33.4. The Kier molecular flexibility index (Phi) is 7.22. The second-order valence-corrected chi connectivity index (χ2v) is 15.4. The molecule has 4 aromatic carbocycles. The summed E-state index contributed by atoms with van der Waals surface area (Å²) < 4.78 is 18.7. The molecule has 0 amide bonds. The van der Waals surface area contributed by atoms with Gasteiger partial charge in [0.1, 0.15) is 11.5 Å². The number of carbonyl (C=O) groups is 1. The van der Waals surface area contributed by atoms with E-state index in [0.29, 0.717) is 13.2 Å². The van der Waals surface area contributed by atoms with Crippen LogP contribution >= 0.6 is 0 Å². The molecule has 4 aromatic rings. The molecule has 6 aliphatic rings. The third-order valence-electron chi connectivity index (χ3n) is 13.7. The third kappa shape index (κ3) is 3.71. The summed E-state index contributed by atoms with van der Waals surface area (Å²) in [4.78, 5) is 21.8. The van der Waals surface area contributed by atoms with E-state index in [1.807, 2.05) is 13.8 Å². The molecule has 54 heavy (non-hydrogen) atoms. The van der Waals surface area contributed by atoms with E-state index in [9.17, 15) is 4.79 Å². The first-order valence-corrected chi connectivity index (χ1v) is 20.1. The molecule has 6 unspecified atom stereocenters. The molecule has 7 nitrogen and oxygen atoms in total. The van der Waals surface area contributed by atoms with E-state index in [4.69, 9.17) is 14.2 Å². The molecule has 1 saturated heterocycles. The smallest absolute Gasteiger partial charge is 0.341 e. The zero-order chi connectivity index (χ0) is 37.1. The van der Waals surface area contributed by atoms with E-state index < -0.39 is 16.4 Å². The van der Waals surface area contributed by atoms with Gasteiger partial charge in [0.25, 0.3) is 0 Å². The van der Waals surface area contributed by atoms with E-state index in [2.05, 4.69) is 139 Å². The monoisotopic (exact) mass is 719 g/mol. The van der Waals surface area contributed by atoms with Crippen molar-refractivity contribution in [2.75, 3.05) is 49.2 Å². The van der Waals surface area contributed by atoms with Crippen LogP contribution in [0.2, 0.25) is 0 Å². The van der Waals surface area contributed by atoms with Crippen LogP contribution in [0.4, 0.5) is 11.4 Å². The largest absolute Gasteiger partial charge is 0.494 e. The first-order valence-electron chi connectivity index (χ1n) is 20.1. The first-order chi connectivity index (χ1) is 26.4. The number of nitrogens with zero attached hydrogens (tertiary/aromatic N) is 3. The van der Waals surface area contributed by atoms with Gasteiger partial charge >= 0.3 is 5.97 Å². The van der Waals surface area contributed by atoms with Crippen molar-refractivity contribution in [3.8, 4) is 11.5 Å². The average molecular weight is 720 g/mol. The Labute approximate surface area is 318 Å². The van der Waals surface area contributed by atoms with Gasteiger partial charge in [0.15, 0.2) is 5.60 Å². The highest BCUT2D eigenvalue weighted by molar-refractivity contribution is 6.06. The fourth-order valence-electron chi connectivity index (χ4n) is 11.8. The van der Waals surface area contributed by atoms with Gasteiger partial charge in [-0.3, -0.25) is 0 Å². The number of carbonyl (C=O) groups excluding carboxylic acids is 1. The highest BCUT2D eigenvalue weighted by atomic mass is 16.6. The fraction of sp³-hybridized carbons (Fsp3) is 0.383. The van der Waals surface area contributed by atoms with Gasteiger partial charge in [-0.2, -0.15) is 0 Å². The van der Waals surface area contributed by atoms with Crippen LogP contribution in [-0.2, 0) is 20.4 Å². The van der Waals surface area contributed by atoms with Gasteiger partial charge in [-0.1, -0.05) is 48.5 Å². The van der Waals surface area contributed by atoms with Crippen LogP contribution in [0, 0.1) is 5.92 Å². The Morgan fingerprint density at radius 1 is 0.630 bits per heavy atom. The summed E-state index contributed by atoms with van der Waals surface area (Å²) in [6.07, 6.45) is 0. The summed E-state index contributed by atoms with van der Waals surface area (Å²) >= 11 is 0. The summed E-state index contributed by atoms with van der Waals surface area (Å²) in [5, 5.41) is 0. The van der Waals surface area contributed by atoms with Crippen molar-refractivity contribution >= 4 is 17.3 Å². The normalized spacial score (nSPS) is 28.7. The maximum atomic E-state index is 14.4. The Balaban J connectivity index is 1.16. The molecule has 0 aromatic heterocycles. The van der Waals surface area contributed by atoms with Gasteiger partial charge < -0.3 is 28.9 Å². The van der Waals surface area contributed by atoms with E-state index in [0.717, 1.165) is 48.9 Å². The summed E-state index contributed by atoms with van der Waals surface area (Å²) in [6, 6.07) is 35.9. The van der Waals surface area contributed by atoms with Gasteiger partial charge in [0.2, 0.25) is 0 Å². The Morgan fingerprint density at radius 3 is 1.54 bits per heavy atom. The molecule has 2 fully saturated rings. The number of benzene rings is 4. The molecular formula is C47H49N3O4. The number of ether oxygens (including phenoxy) is 3. The molecule has 0 N–H and O–H groups in total. The van der Waals surface area contributed by atoms with Crippen LogP contribution in [-0.4, -0.2) is 67.9 Å². The number of piperidine rings is 1. The molecule has 4 heterocycles. The maximum Gasteiger partial charge on any atom is 0.341 e. The SMILES string of the molecule is CCOc1ccc(C2(c3ccc(N(CC)CC)cc3)C3=C4C5=C6N(C3C3C6(OC5=O)C3(c3ccc(OCC)cc3)c3ccc(N(CC)CC)cc3)C42)cc1. The van der Waals surface area contributed by atoms with Crippen LogP contribution in [0.1, 0.15) is 63.8 Å². The minimum Gasteiger partial charge on any atom is -0.494 e. The molecule has 7 heteroatoms. The van der Waals surface area contributed by atoms with Gasteiger partial charge in [-0.25, -0.2) is 4.79 Å². The van der Waals surface area contributed by atoms with Crippen molar-refractivity contribution in [3.63, 3.8) is 0 Å². The van der Waals surface area contributed by atoms with Crippen LogP contribution in [0.5, 0.6) is 11.5 Å². The summed E-state index contributed by atoms with van der Waals surface area (Å²) in [7, 11) is 0. The van der Waals surface area contributed by atoms with Gasteiger partial charge in [0, 0.05) is 43.5 Å². The molecule has 4 aliphatic heterocycles. The standard InChI is InChI=1S/C47H49N3O4/c1-7-48(8-2)33-21-13-29(14-22-33)45(30-17-25-35(26-18-30)52-11-5)39-37-38-43-47(54-44(38)51)41(40(39)50(43)42(37)45)46(47,32-19-27-36(28-20-32)53-12-6)31-15-23-34(24-16-31)49(9-3)10-4/h13-28,40-42H,7-12H2,1-6H3. The van der Waals surface area contributed by atoms with Crippen LogP contribution < -0.4 is 19.3 Å². The fourth-order valence-corrected chi connectivity index (χ4v) is 11.8. The lowest BCUT2D eigenvalue weighted by Gasteiger charge is -2.47. The average Bonchev–Trinajstić information content (AvgIpc) is 3.64. The molecule has 2 aliphatic carbocycles. The van der Waals surface area contributed by atoms with Gasteiger partial charge in [0.05, 0.1) is 47.4 Å². The van der Waals surface area contributed by atoms with E-state index >= 15 is 0 Å². The highest BCUT2D eigenvalue weighted by Crippen LogP contribution is 2.88. The molecule has 10 rings (SSSR count). The number of esters is 1. The molecule has 1 saturated carbocycles. The van der Waals surface area contributed by atoms with Gasteiger partial charge in [-0.05, 0) is 123 Å². The van der Waals surface area contributed by atoms with Crippen LogP contribution in [0.15, 0.2) is 119 Å². The zero-order valence-corrected chi connectivity index (χ0v) is 32.2. The minimum absolute atomic E-state index is 0.0238. The minimum atomic E-state index is -0.757. The summed E-state index contributed by atoms with van der Waals surface area (Å²) in [5.74, 6) is 1.58. The quantitative estimate of drug-likeness (QED) is 0.122. The maximum absolute atomic E-state index is 14.4. The Bertz CT molecular complexity index is 2220. The van der Waals surface area contributed by atoms with Crippen molar-refractivity contribution in [2.24, 2.45) is 5.92 Å². The molecule has 6 atom stereocenters. The molecule has 276 valence electrons. The number of hydrogen-bond donors (Lipinski definition) is 0. The van der Waals surface area contributed by atoms with Crippen molar-refractivity contribution in [1.29, 1.82) is 0 Å². The molecular weight excluding hydrogens is 671 g/mol.